The van der Waals surface area contributed by atoms with Crippen molar-refractivity contribution in [1.82, 2.24) is 4.57 Å². The second-order valence-corrected chi connectivity index (χ2v) is 12.0. The van der Waals surface area contributed by atoms with Crippen LogP contribution >= 0.6 is 11.3 Å². The molecule has 1 aromatic heterocycles. The lowest BCUT2D eigenvalue weighted by Gasteiger charge is -2.28. The first-order chi connectivity index (χ1) is 23.0. The highest BCUT2D eigenvalue weighted by molar-refractivity contribution is 7.07. The molecule has 1 atom stereocenters. The van der Waals surface area contributed by atoms with Crippen molar-refractivity contribution in [3.63, 3.8) is 0 Å². The largest absolute Gasteiger partial charge is 0.496 e. The van der Waals surface area contributed by atoms with Crippen LogP contribution in [0.4, 0.5) is 0 Å². The first kappa shape index (κ1) is 31.8. The molecule has 0 amide bonds. The summed E-state index contributed by atoms with van der Waals surface area (Å²) in [7, 11) is 3.19. The van der Waals surface area contributed by atoms with E-state index in [4.69, 9.17) is 23.9 Å². The van der Waals surface area contributed by atoms with Gasteiger partial charge in [0.25, 0.3) is 5.56 Å². The number of benzene rings is 4. The van der Waals surface area contributed by atoms with Crippen LogP contribution in [0, 0.1) is 0 Å². The molecule has 2 heterocycles. The minimum absolute atomic E-state index is 0.193. The summed E-state index contributed by atoms with van der Waals surface area (Å²) in [5.74, 6) is 1.22. The third-order valence-electron chi connectivity index (χ3n) is 8.04. The van der Waals surface area contributed by atoms with E-state index in [1.54, 1.807) is 25.7 Å². The van der Waals surface area contributed by atoms with Crippen LogP contribution in [0.1, 0.15) is 49.4 Å². The third kappa shape index (κ3) is 6.31. The monoisotopic (exact) mass is 648 g/mol. The van der Waals surface area contributed by atoms with Gasteiger partial charge < -0.3 is 18.9 Å². The minimum Gasteiger partial charge on any atom is -0.496 e. The van der Waals surface area contributed by atoms with Crippen LogP contribution in [-0.2, 0) is 16.1 Å². The molecule has 0 aliphatic carbocycles. The molecule has 0 fully saturated rings. The van der Waals surface area contributed by atoms with E-state index in [1.165, 1.54) is 11.3 Å². The van der Waals surface area contributed by atoms with Gasteiger partial charge in [-0.2, -0.15) is 0 Å². The smallest absolute Gasteiger partial charge is 0.338 e. The summed E-state index contributed by atoms with van der Waals surface area (Å²) in [5, 5.41) is 1.84. The molecular weight excluding hydrogens is 612 g/mol. The Hall–Kier alpha value is -5.15. The maximum Gasteiger partial charge on any atom is 0.338 e. The average molecular weight is 649 g/mol. The molecule has 0 radical (unpaired) electrons. The quantitative estimate of drug-likeness (QED) is 0.156. The van der Waals surface area contributed by atoms with Crippen molar-refractivity contribution in [2.45, 2.75) is 39.3 Å². The zero-order valence-corrected chi connectivity index (χ0v) is 27.6. The van der Waals surface area contributed by atoms with Crippen LogP contribution in [-0.4, -0.2) is 31.4 Å². The number of ether oxygens (including phenoxy) is 4. The van der Waals surface area contributed by atoms with E-state index in [0.717, 1.165) is 28.3 Å². The molecule has 0 spiro atoms. The number of rotatable bonds is 11. The van der Waals surface area contributed by atoms with Gasteiger partial charge in [-0.05, 0) is 59.5 Å². The second-order valence-electron chi connectivity index (χ2n) is 11.0. The van der Waals surface area contributed by atoms with Crippen molar-refractivity contribution in [3.8, 4) is 17.2 Å². The number of carbonyl (C=O) groups excluding carboxylic acids is 1. The summed E-state index contributed by atoms with van der Waals surface area (Å²) in [6, 6.07) is 26.4. The number of hydrogen-bond acceptors (Lipinski definition) is 8. The fourth-order valence-electron chi connectivity index (χ4n) is 5.91. The maximum absolute atomic E-state index is 14.4. The number of allylic oxidation sites excluding steroid dienone is 1. The predicted octanol–water partition coefficient (Wildman–Crippen LogP) is 6.33. The lowest BCUT2D eigenvalue weighted by atomic mass is 9.90. The van der Waals surface area contributed by atoms with Crippen molar-refractivity contribution >= 4 is 34.2 Å². The Morgan fingerprint density at radius 1 is 0.915 bits per heavy atom. The number of esters is 1. The molecule has 8 nitrogen and oxygen atoms in total. The normalized spacial score (nSPS) is 14.5. The van der Waals surface area contributed by atoms with Crippen molar-refractivity contribution in [2.24, 2.45) is 4.99 Å². The summed E-state index contributed by atoms with van der Waals surface area (Å²) in [6.45, 7) is 4.40. The summed E-state index contributed by atoms with van der Waals surface area (Å²) < 4.78 is 25.2. The predicted molar refractivity (Wildman–Crippen MR) is 184 cm³/mol. The Balaban J connectivity index is 1.52. The molecule has 1 unspecified atom stereocenters. The van der Waals surface area contributed by atoms with Crippen molar-refractivity contribution in [3.05, 3.63) is 133 Å². The van der Waals surface area contributed by atoms with Gasteiger partial charge in [-0.1, -0.05) is 91.4 Å². The van der Waals surface area contributed by atoms with Crippen LogP contribution in [0.5, 0.6) is 17.2 Å². The molecule has 4 aromatic carbocycles. The van der Waals surface area contributed by atoms with Crippen LogP contribution in [0.3, 0.4) is 0 Å². The van der Waals surface area contributed by atoms with Gasteiger partial charge in [-0.25, -0.2) is 9.79 Å². The van der Waals surface area contributed by atoms with Crippen LogP contribution in [0.25, 0.3) is 16.8 Å². The van der Waals surface area contributed by atoms with Gasteiger partial charge >= 0.3 is 5.97 Å². The maximum atomic E-state index is 14.4. The summed E-state index contributed by atoms with van der Waals surface area (Å²) >= 11 is 1.29. The Morgan fingerprint density at radius 3 is 2.40 bits per heavy atom. The summed E-state index contributed by atoms with van der Waals surface area (Å²) in [5.41, 5.74) is 3.21. The van der Waals surface area contributed by atoms with Crippen molar-refractivity contribution in [2.75, 3.05) is 20.8 Å². The minimum atomic E-state index is -0.807. The van der Waals surface area contributed by atoms with Gasteiger partial charge in [0.15, 0.2) is 16.3 Å². The molecule has 6 rings (SSSR count). The second kappa shape index (κ2) is 14.1. The molecule has 240 valence electrons. The Kier molecular flexibility index (Phi) is 9.54. The molecule has 0 saturated carbocycles. The standard InChI is InChI=1S/C38H36N2O6S/c1-5-12-28-34(37(42)45-6-2)35(33-27-16-11-10-15-26(27)18-20-30(33)43-3)40-36(41)32(47-38(40)39-28)22-25-17-19-29(31(21-25)44-4)46-23-24-13-8-7-9-14-24/h7-11,13-22,35H,5-6,12,23H2,1-4H3/b32-22-. The van der Waals surface area contributed by atoms with E-state index < -0.39 is 12.0 Å². The molecule has 0 N–H and O–H groups in total. The van der Waals surface area contributed by atoms with E-state index >= 15 is 0 Å². The third-order valence-corrected chi connectivity index (χ3v) is 9.02. The fraction of sp³-hybridized carbons (Fsp3) is 0.237. The number of fused-ring (bicyclic) bond motifs is 2. The SMILES string of the molecule is CCCC1=C(C(=O)OCC)C(c2c(OC)ccc3ccccc23)n2c(s/c(=C\c3ccc(OCc4ccccc4)c(OC)c3)c2=O)=N1. The highest BCUT2D eigenvalue weighted by Gasteiger charge is 2.37. The Bertz CT molecular complexity index is 2150. The topological polar surface area (TPSA) is 88.4 Å². The van der Waals surface area contributed by atoms with Gasteiger partial charge in [0.1, 0.15) is 18.4 Å². The average Bonchev–Trinajstić information content (AvgIpc) is 3.40. The molecule has 1 aliphatic heterocycles. The molecular formula is C38H36N2O6S. The van der Waals surface area contributed by atoms with E-state index in [2.05, 4.69) is 0 Å². The zero-order valence-electron chi connectivity index (χ0n) is 26.8. The number of nitrogens with zero attached hydrogens (tertiary/aromatic N) is 2. The Labute approximate surface area is 276 Å². The summed E-state index contributed by atoms with van der Waals surface area (Å²) in [4.78, 5) is 33.6. The highest BCUT2D eigenvalue weighted by Crippen LogP contribution is 2.41. The molecule has 5 aromatic rings. The zero-order chi connectivity index (χ0) is 32.9. The molecule has 0 bridgehead atoms. The number of thiazole rings is 1. The number of hydrogen-bond donors (Lipinski definition) is 0. The van der Waals surface area contributed by atoms with Gasteiger partial charge in [0.05, 0.1) is 36.6 Å². The van der Waals surface area contributed by atoms with Gasteiger partial charge in [0, 0.05) is 5.56 Å². The first-order valence-corrected chi connectivity index (χ1v) is 16.4. The highest BCUT2D eigenvalue weighted by atomic mass is 32.1. The number of carbonyl (C=O) groups is 1. The molecule has 47 heavy (non-hydrogen) atoms. The van der Waals surface area contributed by atoms with Gasteiger partial charge in [-0.3, -0.25) is 9.36 Å². The van der Waals surface area contributed by atoms with E-state index in [1.807, 2.05) is 97.9 Å². The van der Waals surface area contributed by atoms with E-state index in [-0.39, 0.29) is 12.2 Å². The van der Waals surface area contributed by atoms with Crippen LogP contribution in [0.15, 0.2) is 106 Å². The van der Waals surface area contributed by atoms with Crippen LogP contribution < -0.4 is 29.1 Å². The van der Waals surface area contributed by atoms with E-state index in [0.29, 0.717) is 56.4 Å². The fourth-order valence-corrected chi connectivity index (χ4v) is 6.93. The summed E-state index contributed by atoms with van der Waals surface area (Å²) in [6.07, 6.45) is 3.12. The number of aromatic nitrogens is 1. The van der Waals surface area contributed by atoms with Gasteiger partial charge in [0.2, 0.25) is 0 Å². The van der Waals surface area contributed by atoms with E-state index in [9.17, 15) is 9.59 Å². The first-order valence-electron chi connectivity index (χ1n) is 15.6. The lowest BCUT2D eigenvalue weighted by Crippen LogP contribution is -2.40. The molecule has 1 aliphatic rings. The van der Waals surface area contributed by atoms with Crippen molar-refractivity contribution in [1.29, 1.82) is 0 Å². The van der Waals surface area contributed by atoms with Crippen molar-refractivity contribution < 1.29 is 23.7 Å². The van der Waals surface area contributed by atoms with Crippen LogP contribution in [0.2, 0.25) is 0 Å². The number of methoxy groups -OCH3 is 2. The molecule has 9 heteroatoms. The molecule has 0 saturated heterocycles. The lowest BCUT2D eigenvalue weighted by molar-refractivity contribution is -0.139. The van der Waals surface area contributed by atoms with Gasteiger partial charge in [-0.15, -0.1) is 0 Å². The Morgan fingerprint density at radius 2 is 1.66 bits per heavy atom.